The van der Waals surface area contributed by atoms with Crippen molar-refractivity contribution in [3.05, 3.63) is 11.6 Å². The van der Waals surface area contributed by atoms with Crippen LogP contribution in [0.4, 0.5) is 0 Å². The van der Waals surface area contributed by atoms with E-state index in [0.717, 1.165) is 25.7 Å². The van der Waals surface area contributed by atoms with Crippen LogP contribution in [0, 0.1) is 5.92 Å². The molecule has 1 saturated carbocycles. The molecule has 0 aromatic rings. The highest BCUT2D eigenvalue weighted by molar-refractivity contribution is 5.96. The summed E-state index contributed by atoms with van der Waals surface area (Å²) in [5.41, 5.74) is 0.446. The molecule has 84 valence electrons. The van der Waals surface area contributed by atoms with Crippen LogP contribution >= 0.6 is 0 Å². The number of hydrogen-bond donors (Lipinski definition) is 0. The fourth-order valence-corrected chi connectivity index (χ4v) is 1.88. The summed E-state index contributed by atoms with van der Waals surface area (Å²) in [5.74, 6) is -0.772. The highest BCUT2D eigenvalue weighted by Gasteiger charge is 2.25. The predicted octanol–water partition coefficient (Wildman–Crippen LogP) is 1.45. The molecule has 0 spiro atoms. The molecule has 1 rings (SSSR count). The van der Waals surface area contributed by atoms with E-state index < -0.39 is 11.9 Å². The summed E-state index contributed by atoms with van der Waals surface area (Å²) >= 11 is 0. The first kappa shape index (κ1) is 11.8. The minimum atomic E-state index is -0.498. The van der Waals surface area contributed by atoms with Crippen molar-refractivity contribution >= 4 is 11.9 Å². The van der Waals surface area contributed by atoms with E-state index in [1.807, 2.05) is 0 Å². The van der Waals surface area contributed by atoms with Crippen molar-refractivity contribution in [3.63, 3.8) is 0 Å². The average Bonchev–Trinajstić information content (AvgIpc) is 2.77. The van der Waals surface area contributed by atoms with E-state index in [2.05, 4.69) is 9.47 Å². The summed E-state index contributed by atoms with van der Waals surface area (Å²) in [6, 6.07) is 0. The van der Waals surface area contributed by atoms with Crippen LogP contribution in [0.15, 0.2) is 11.6 Å². The second-order valence-corrected chi connectivity index (χ2v) is 3.60. The lowest BCUT2D eigenvalue weighted by atomic mass is 9.97. The molecule has 0 heterocycles. The zero-order valence-corrected chi connectivity index (χ0v) is 9.12. The number of esters is 2. The molecule has 0 N–H and O–H groups in total. The highest BCUT2D eigenvalue weighted by atomic mass is 16.5. The third-order valence-corrected chi connectivity index (χ3v) is 2.69. The van der Waals surface area contributed by atoms with Crippen LogP contribution < -0.4 is 0 Å². The SMILES string of the molecule is COC(=O)/C=C(\C(=O)OC)C1CCCC1. The van der Waals surface area contributed by atoms with Gasteiger partial charge in [0.1, 0.15) is 0 Å². The molecule has 0 aromatic carbocycles. The van der Waals surface area contributed by atoms with Crippen LogP contribution in [-0.2, 0) is 19.1 Å². The van der Waals surface area contributed by atoms with Crippen molar-refractivity contribution in [1.82, 2.24) is 0 Å². The topological polar surface area (TPSA) is 52.6 Å². The molecule has 0 unspecified atom stereocenters. The Morgan fingerprint density at radius 2 is 1.73 bits per heavy atom. The van der Waals surface area contributed by atoms with Crippen LogP contribution in [0.3, 0.4) is 0 Å². The maximum absolute atomic E-state index is 11.5. The van der Waals surface area contributed by atoms with E-state index in [0.29, 0.717) is 5.57 Å². The molecular formula is C11H16O4. The summed E-state index contributed by atoms with van der Waals surface area (Å²) in [4.78, 5) is 22.5. The van der Waals surface area contributed by atoms with Crippen molar-refractivity contribution in [3.8, 4) is 0 Å². The molecule has 0 aliphatic heterocycles. The zero-order valence-electron chi connectivity index (χ0n) is 9.12. The third kappa shape index (κ3) is 3.08. The summed E-state index contributed by atoms with van der Waals surface area (Å²) in [5, 5.41) is 0. The lowest BCUT2D eigenvalue weighted by molar-refractivity contribution is -0.139. The summed E-state index contributed by atoms with van der Waals surface area (Å²) < 4.78 is 9.17. The van der Waals surface area contributed by atoms with Gasteiger partial charge in [0.2, 0.25) is 0 Å². The minimum absolute atomic E-state index is 0.150. The Balaban J connectivity index is 2.81. The third-order valence-electron chi connectivity index (χ3n) is 2.69. The van der Waals surface area contributed by atoms with Crippen molar-refractivity contribution < 1.29 is 19.1 Å². The molecule has 0 atom stereocenters. The van der Waals surface area contributed by atoms with E-state index in [-0.39, 0.29) is 5.92 Å². The van der Waals surface area contributed by atoms with Gasteiger partial charge in [-0.05, 0) is 18.8 Å². The molecule has 0 radical (unpaired) electrons. The van der Waals surface area contributed by atoms with Gasteiger partial charge >= 0.3 is 11.9 Å². The van der Waals surface area contributed by atoms with Crippen molar-refractivity contribution in [1.29, 1.82) is 0 Å². The van der Waals surface area contributed by atoms with Gasteiger partial charge in [-0.2, -0.15) is 0 Å². The fraction of sp³-hybridized carbons (Fsp3) is 0.636. The lowest BCUT2D eigenvalue weighted by Crippen LogP contribution is -2.14. The Morgan fingerprint density at radius 3 is 2.20 bits per heavy atom. The van der Waals surface area contributed by atoms with Gasteiger partial charge in [0, 0.05) is 11.6 Å². The lowest BCUT2D eigenvalue weighted by Gasteiger charge is -2.11. The van der Waals surface area contributed by atoms with Gasteiger partial charge < -0.3 is 9.47 Å². The van der Waals surface area contributed by atoms with Crippen LogP contribution in [0.2, 0.25) is 0 Å². The molecule has 15 heavy (non-hydrogen) atoms. The summed E-state index contributed by atoms with van der Waals surface area (Å²) in [7, 11) is 2.62. The molecular weight excluding hydrogens is 196 g/mol. The largest absolute Gasteiger partial charge is 0.466 e. The predicted molar refractivity (Wildman–Crippen MR) is 54.1 cm³/mol. The normalized spacial score (nSPS) is 17.6. The Kier molecular flexibility index (Phi) is 4.34. The molecule has 4 nitrogen and oxygen atoms in total. The highest BCUT2D eigenvalue weighted by Crippen LogP contribution is 2.31. The number of hydrogen-bond acceptors (Lipinski definition) is 4. The number of methoxy groups -OCH3 is 2. The van der Waals surface area contributed by atoms with Gasteiger partial charge in [-0.3, -0.25) is 0 Å². The van der Waals surface area contributed by atoms with Crippen molar-refractivity contribution in [2.24, 2.45) is 5.92 Å². The van der Waals surface area contributed by atoms with Crippen LogP contribution in [-0.4, -0.2) is 26.2 Å². The van der Waals surface area contributed by atoms with E-state index in [1.54, 1.807) is 0 Å². The molecule has 1 aliphatic carbocycles. The van der Waals surface area contributed by atoms with E-state index in [4.69, 9.17) is 0 Å². The summed E-state index contributed by atoms with van der Waals surface area (Å²) in [6.45, 7) is 0. The smallest absolute Gasteiger partial charge is 0.334 e. The second-order valence-electron chi connectivity index (χ2n) is 3.60. The van der Waals surface area contributed by atoms with E-state index in [9.17, 15) is 9.59 Å². The Hall–Kier alpha value is -1.32. The van der Waals surface area contributed by atoms with E-state index >= 15 is 0 Å². The monoisotopic (exact) mass is 212 g/mol. The number of carbonyl (C=O) groups excluding carboxylic acids is 2. The molecule has 0 aromatic heterocycles. The van der Waals surface area contributed by atoms with Gasteiger partial charge in [-0.15, -0.1) is 0 Å². The quantitative estimate of drug-likeness (QED) is 0.525. The van der Waals surface area contributed by atoms with E-state index in [1.165, 1.54) is 20.3 Å². The molecule has 4 heteroatoms. The molecule has 0 saturated heterocycles. The number of carbonyl (C=O) groups is 2. The molecule has 1 fully saturated rings. The maximum Gasteiger partial charge on any atom is 0.334 e. The van der Waals surface area contributed by atoms with Gasteiger partial charge in [-0.25, -0.2) is 9.59 Å². The average molecular weight is 212 g/mol. The maximum atomic E-state index is 11.5. The van der Waals surface area contributed by atoms with Gasteiger partial charge in [0.15, 0.2) is 0 Å². The van der Waals surface area contributed by atoms with Gasteiger partial charge in [0.05, 0.1) is 14.2 Å². The zero-order chi connectivity index (χ0) is 11.3. The first-order valence-corrected chi connectivity index (χ1v) is 5.07. The van der Waals surface area contributed by atoms with Crippen LogP contribution in [0.25, 0.3) is 0 Å². The van der Waals surface area contributed by atoms with Gasteiger partial charge in [0.25, 0.3) is 0 Å². The first-order valence-electron chi connectivity index (χ1n) is 5.07. The summed E-state index contributed by atoms with van der Waals surface area (Å²) in [6.07, 6.45) is 5.33. The molecule has 0 bridgehead atoms. The Morgan fingerprint density at radius 1 is 1.13 bits per heavy atom. The molecule has 1 aliphatic rings. The Bertz CT molecular complexity index is 274. The number of rotatable bonds is 3. The minimum Gasteiger partial charge on any atom is -0.466 e. The standard InChI is InChI=1S/C11H16O4/c1-14-10(12)7-9(11(13)15-2)8-5-3-4-6-8/h7-8H,3-6H2,1-2H3/b9-7-. The first-order chi connectivity index (χ1) is 7.19. The molecule has 0 amide bonds. The van der Waals surface area contributed by atoms with Crippen molar-refractivity contribution in [2.45, 2.75) is 25.7 Å². The Labute approximate surface area is 89.2 Å². The fourth-order valence-electron chi connectivity index (χ4n) is 1.88. The second kappa shape index (κ2) is 5.53. The number of ether oxygens (including phenoxy) is 2. The van der Waals surface area contributed by atoms with Gasteiger partial charge in [-0.1, -0.05) is 12.8 Å². The van der Waals surface area contributed by atoms with Crippen molar-refractivity contribution in [2.75, 3.05) is 14.2 Å². The van der Waals surface area contributed by atoms with Crippen LogP contribution in [0.5, 0.6) is 0 Å². The van der Waals surface area contributed by atoms with Crippen LogP contribution in [0.1, 0.15) is 25.7 Å².